The summed E-state index contributed by atoms with van der Waals surface area (Å²) >= 11 is 5.79. The van der Waals surface area contributed by atoms with Crippen molar-refractivity contribution in [2.45, 2.75) is 6.54 Å². The number of benzene rings is 1. The van der Waals surface area contributed by atoms with Crippen LogP contribution in [0.25, 0.3) is 0 Å². The zero-order chi connectivity index (χ0) is 12.1. The van der Waals surface area contributed by atoms with Crippen molar-refractivity contribution in [3.05, 3.63) is 34.9 Å². The Labute approximate surface area is 106 Å². The van der Waals surface area contributed by atoms with E-state index in [2.05, 4.69) is 10.6 Å². The first-order valence-electron chi connectivity index (χ1n) is 5.73. The minimum absolute atomic E-state index is 0.00134. The van der Waals surface area contributed by atoms with Gasteiger partial charge in [0.2, 0.25) is 0 Å². The van der Waals surface area contributed by atoms with Crippen LogP contribution in [-0.4, -0.2) is 37.1 Å². The van der Waals surface area contributed by atoms with Gasteiger partial charge in [-0.25, -0.2) is 4.79 Å². The molecular weight excluding hydrogens is 238 g/mol. The van der Waals surface area contributed by atoms with E-state index in [1.165, 1.54) is 0 Å². The van der Waals surface area contributed by atoms with E-state index in [9.17, 15) is 4.79 Å². The number of urea groups is 1. The van der Waals surface area contributed by atoms with Crippen molar-refractivity contribution in [1.29, 1.82) is 0 Å². The minimum Gasteiger partial charge on any atom is -0.334 e. The largest absolute Gasteiger partial charge is 0.334 e. The highest BCUT2D eigenvalue weighted by atomic mass is 35.5. The van der Waals surface area contributed by atoms with Gasteiger partial charge in [-0.1, -0.05) is 23.7 Å². The van der Waals surface area contributed by atoms with Crippen LogP contribution < -0.4 is 10.6 Å². The fourth-order valence-electron chi connectivity index (χ4n) is 1.76. The van der Waals surface area contributed by atoms with Crippen molar-refractivity contribution in [2.24, 2.45) is 0 Å². The molecule has 0 unspecified atom stereocenters. The fraction of sp³-hybridized carbons (Fsp3) is 0.417. The molecule has 2 N–H and O–H groups in total. The highest BCUT2D eigenvalue weighted by Gasteiger charge is 2.15. The van der Waals surface area contributed by atoms with E-state index in [1.807, 2.05) is 29.2 Å². The number of nitrogens with zero attached hydrogens (tertiary/aromatic N) is 1. The molecule has 1 saturated heterocycles. The Balaban J connectivity index is 1.81. The summed E-state index contributed by atoms with van der Waals surface area (Å²) in [6, 6.07) is 7.49. The average Bonchev–Trinajstić information content (AvgIpc) is 2.39. The van der Waals surface area contributed by atoms with E-state index in [1.54, 1.807) is 0 Å². The van der Waals surface area contributed by atoms with Crippen LogP contribution in [0.4, 0.5) is 4.79 Å². The SMILES string of the molecule is O=C(NCc1ccc(Cl)cc1)N1CCNCC1. The molecule has 1 fully saturated rings. The van der Waals surface area contributed by atoms with Crippen LogP contribution in [-0.2, 0) is 6.54 Å². The maximum Gasteiger partial charge on any atom is 0.317 e. The Kier molecular flexibility index (Phi) is 4.23. The molecule has 1 aliphatic rings. The van der Waals surface area contributed by atoms with E-state index in [0.717, 1.165) is 31.7 Å². The number of amides is 2. The van der Waals surface area contributed by atoms with Gasteiger partial charge in [-0.05, 0) is 17.7 Å². The summed E-state index contributed by atoms with van der Waals surface area (Å²) in [5.74, 6) is 0. The Hall–Kier alpha value is -1.26. The van der Waals surface area contributed by atoms with Crippen LogP contribution in [0.15, 0.2) is 24.3 Å². The quantitative estimate of drug-likeness (QED) is 0.838. The Morgan fingerprint density at radius 1 is 1.29 bits per heavy atom. The van der Waals surface area contributed by atoms with E-state index >= 15 is 0 Å². The second-order valence-corrected chi connectivity index (χ2v) is 4.46. The van der Waals surface area contributed by atoms with Crippen molar-refractivity contribution < 1.29 is 4.79 Å². The molecule has 1 aliphatic heterocycles. The summed E-state index contributed by atoms with van der Waals surface area (Å²) in [7, 11) is 0. The summed E-state index contributed by atoms with van der Waals surface area (Å²) in [6.07, 6.45) is 0. The van der Waals surface area contributed by atoms with Crippen molar-refractivity contribution in [3.8, 4) is 0 Å². The predicted molar refractivity (Wildman–Crippen MR) is 68.1 cm³/mol. The molecule has 1 aromatic rings. The number of hydrogen-bond acceptors (Lipinski definition) is 2. The van der Waals surface area contributed by atoms with E-state index in [-0.39, 0.29) is 6.03 Å². The van der Waals surface area contributed by atoms with Crippen LogP contribution in [0.1, 0.15) is 5.56 Å². The first-order valence-corrected chi connectivity index (χ1v) is 6.11. The van der Waals surface area contributed by atoms with Crippen molar-refractivity contribution in [3.63, 3.8) is 0 Å². The van der Waals surface area contributed by atoms with Gasteiger partial charge in [0.15, 0.2) is 0 Å². The molecule has 1 heterocycles. The molecule has 1 aromatic carbocycles. The first kappa shape index (κ1) is 12.2. The van der Waals surface area contributed by atoms with Gasteiger partial charge >= 0.3 is 6.03 Å². The third kappa shape index (κ3) is 3.61. The fourth-order valence-corrected chi connectivity index (χ4v) is 1.89. The van der Waals surface area contributed by atoms with Gasteiger partial charge in [0.05, 0.1) is 0 Å². The third-order valence-corrected chi connectivity index (χ3v) is 3.01. The zero-order valence-electron chi connectivity index (χ0n) is 9.58. The smallest absolute Gasteiger partial charge is 0.317 e. The molecule has 0 atom stereocenters. The summed E-state index contributed by atoms with van der Waals surface area (Å²) in [5.41, 5.74) is 1.05. The number of carbonyl (C=O) groups excluding carboxylic acids is 1. The van der Waals surface area contributed by atoms with E-state index in [4.69, 9.17) is 11.6 Å². The number of nitrogens with one attached hydrogen (secondary N) is 2. The molecule has 0 saturated carbocycles. The summed E-state index contributed by atoms with van der Waals surface area (Å²) in [6.45, 7) is 3.82. The lowest BCUT2D eigenvalue weighted by Crippen LogP contribution is -2.50. The molecule has 0 aromatic heterocycles. The molecule has 0 bridgehead atoms. The van der Waals surface area contributed by atoms with E-state index in [0.29, 0.717) is 11.6 Å². The number of piperazine rings is 1. The van der Waals surface area contributed by atoms with Gasteiger partial charge < -0.3 is 15.5 Å². The standard InChI is InChI=1S/C12H16ClN3O/c13-11-3-1-10(2-4-11)9-15-12(17)16-7-5-14-6-8-16/h1-4,14H,5-9H2,(H,15,17). The maximum atomic E-state index is 11.8. The topological polar surface area (TPSA) is 44.4 Å². The lowest BCUT2D eigenvalue weighted by molar-refractivity contribution is 0.190. The second kappa shape index (κ2) is 5.89. The molecule has 0 radical (unpaired) electrons. The Morgan fingerprint density at radius 2 is 1.94 bits per heavy atom. The molecule has 0 aliphatic carbocycles. The van der Waals surface area contributed by atoms with Crippen molar-refractivity contribution in [1.82, 2.24) is 15.5 Å². The van der Waals surface area contributed by atoms with Crippen LogP contribution in [0.2, 0.25) is 5.02 Å². The summed E-state index contributed by atoms with van der Waals surface area (Å²) in [4.78, 5) is 13.6. The molecule has 4 nitrogen and oxygen atoms in total. The monoisotopic (exact) mass is 253 g/mol. The van der Waals surface area contributed by atoms with Crippen LogP contribution >= 0.6 is 11.6 Å². The van der Waals surface area contributed by atoms with Crippen LogP contribution in [0.3, 0.4) is 0 Å². The highest BCUT2D eigenvalue weighted by molar-refractivity contribution is 6.30. The lowest BCUT2D eigenvalue weighted by atomic mass is 10.2. The average molecular weight is 254 g/mol. The Bertz CT molecular complexity index is 374. The number of carbonyl (C=O) groups is 1. The van der Waals surface area contributed by atoms with E-state index < -0.39 is 0 Å². The molecule has 5 heteroatoms. The highest BCUT2D eigenvalue weighted by Crippen LogP contribution is 2.09. The molecule has 17 heavy (non-hydrogen) atoms. The van der Waals surface area contributed by atoms with Crippen LogP contribution in [0.5, 0.6) is 0 Å². The zero-order valence-corrected chi connectivity index (χ0v) is 10.3. The van der Waals surface area contributed by atoms with Crippen molar-refractivity contribution in [2.75, 3.05) is 26.2 Å². The minimum atomic E-state index is 0.00134. The van der Waals surface area contributed by atoms with Gasteiger partial charge in [0, 0.05) is 37.7 Å². The molecule has 2 rings (SSSR count). The maximum absolute atomic E-state index is 11.8. The second-order valence-electron chi connectivity index (χ2n) is 4.02. The van der Waals surface area contributed by atoms with Gasteiger partial charge in [-0.15, -0.1) is 0 Å². The molecule has 0 spiro atoms. The normalized spacial score (nSPS) is 15.7. The van der Waals surface area contributed by atoms with Gasteiger partial charge in [-0.3, -0.25) is 0 Å². The summed E-state index contributed by atoms with van der Waals surface area (Å²) in [5, 5.41) is 6.83. The van der Waals surface area contributed by atoms with Gasteiger partial charge in [0.25, 0.3) is 0 Å². The summed E-state index contributed by atoms with van der Waals surface area (Å²) < 4.78 is 0. The number of hydrogen-bond donors (Lipinski definition) is 2. The van der Waals surface area contributed by atoms with Gasteiger partial charge in [-0.2, -0.15) is 0 Å². The lowest BCUT2D eigenvalue weighted by Gasteiger charge is -2.27. The third-order valence-electron chi connectivity index (χ3n) is 2.76. The Morgan fingerprint density at radius 3 is 2.59 bits per heavy atom. The number of rotatable bonds is 2. The molecule has 92 valence electrons. The molecular formula is C12H16ClN3O. The number of halogens is 1. The van der Waals surface area contributed by atoms with Crippen molar-refractivity contribution >= 4 is 17.6 Å². The predicted octanol–water partition coefficient (Wildman–Crippen LogP) is 1.45. The van der Waals surface area contributed by atoms with Gasteiger partial charge in [0.1, 0.15) is 0 Å². The van der Waals surface area contributed by atoms with Crippen LogP contribution in [0, 0.1) is 0 Å². The first-order chi connectivity index (χ1) is 8.25. The molecule has 2 amide bonds.